The van der Waals surface area contributed by atoms with Gasteiger partial charge >= 0.3 is 0 Å². The highest BCUT2D eigenvalue weighted by molar-refractivity contribution is 5.95. The number of hydrogen-bond donors (Lipinski definition) is 0. The van der Waals surface area contributed by atoms with Crippen LogP contribution in [0.5, 0.6) is 0 Å². The Hall–Kier alpha value is -2.08. The highest BCUT2D eigenvalue weighted by atomic mass is 14.2. The third-order valence-electron chi connectivity index (χ3n) is 3.88. The molecule has 19 heavy (non-hydrogen) atoms. The second-order valence-corrected chi connectivity index (χ2v) is 5.17. The van der Waals surface area contributed by atoms with Crippen molar-refractivity contribution in [2.75, 3.05) is 0 Å². The Morgan fingerprint density at radius 3 is 1.79 bits per heavy atom. The first-order valence-electron chi connectivity index (χ1n) is 6.78. The summed E-state index contributed by atoms with van der Waals surface area (Å²) in [7, 11) is 0. The van der Waals surface area contributed by atoms with Crippen LogP contribution in [-0.4, -0.2) is 0 Å². The topological polar surface area (TPSA) is 0 Å². The van der Waals surface area contributed by atoms with E-state index >= 15 is 0 Å². The summed E-state index contributed by atoms with van der Waals surface area (Å²) in [6.45, 7) is 4.50. The molecule has 0 amide bonds. The summed E-state index contributed by atoms with van der Waals surface area (Å²) in [5.74, 6) is 0. The van der Waals surface area contributed by atoms with Crippen LogP contribution in [0.25, 0.3) is 11.1 Å². The first-order chi connectivity index (χ1) is 9.27. The van der Waals surface area contributed by atoms with Crippen molar-refractivity contribution in [2.24, 2.45) is 0 Å². The molecule has 3 rings (SSSR count). The minimum absolute atomic E-state index is 1.07. The average molecular weight is 246 g/mol. The fourth-order valence-corrected chi connectivity index (χ4v) is 2.98. The van der Waals surface area contributed by atoms with E-state index in [2.05, 4.69) is 74.5 Å². The third-order valence-corrected chi connectivity index (χ3v) is 3.88. The van der Waals surface area contributed by atoms with Crippen molar-refractivity contribution in [1.29, 1.82) is 0 Å². The van der Waals surface area contributed by atoms with Gasteiger partial charge < -0.3 is 0 Å². The molecule has 0 saturated heterocycles. The second kappa shape index (κ2) is 4.89. The van der Waals surface area contributed by atoms with E-state index in [0.29, 0.717) is 0 Å². The van der Waals surface area contributed by atoms with Crippen molar-refractivity contribution >= 4 is 11.1 Å². The Labute approximate surface area is 115 Å². The first-order valence-corrected chi connectivity index (χ1v) is 6.78. The van der Waals surface area contributed by atoms with Crippen LogP contribution in [0.15, 0.2) is 71.8 Å². The lowest BCUT2D eigenvalue weighted by atomic mass is 9.97. The smallest absolute Gasteiger partial charge is 0.00518 e. The molecule has 0 aliphatic heterocycles. The molecule has 94 valence electrons. The lowest BCUT2D eigenvalue weighted by Crippen LogP contribution is -1.86. The molecule has 1 aliphatic rings. The van der Waals surface area contributed by atoms with Crippen LogP contribution >= 0.6 is 0 Å². The van der Waals surface area contributed by atoms with Crippen molar-refractivity contribution in [3.8, 4) is 0 Å². The summed E-state index contributed by atoms with van der Waals surface area (Å²) in [5.41, 5.74) is 8.49. The molecule has 0 unspecified atom stereocenters. The van der Waals surface area contributed by atoms with E-state index in [1.165, 1.54) is 33.4 Å². The number of allylic oxidation sites excluding steroid dienone is 4. The SMILES string of the molecule is CC1=C(c2ccccc2)C(C)=C(c2ccccc2)C1. The highest BCUT2D eigenvalue weighted by Gasteiger charge is 2.20. The molecular weight excluding hydrogens is 228 g/mol. The molecule has 0 aromatic heterocycles. The molecule has 0 heterocycles. The monoisotopic (exact) mass is 246 g/mol. The van der Waals surface area contributed by atoms with E-state index in [1.54, 1.807) is 0 Å². The fraction of sp³-hybridized carbons (Fsp3) is 0.158. The van der Waals surface area contributed by atoms with Gasteiger partial charge in [0.15, 0.2) is 0 Å². The summed E-state index contributed by atoms with van der Waals surface area (Å²) < 4.78 is 0. The maximum atomic E-state index is 2.25. The van der Waals surface area contributed by atoms with Gasteiger partial charge in [-0.25, -0.2) is 0 Å². The van der Waals surface area contributed by atoms with Crippen molar-refractivity contribution in [3.05, 3.63) is 82.9 Å². The zero-order valence-electron chi connectivity index (χ0n) is 11.5. The molecule has 0 bridgehead atoms. The third kappa shape index (κ3) is 2.15. The Kier molecular flexibility index (Phi) is 3.08. The van der Waals surface area contributed by atoms with Crippen LogP contribution in [0.2, 0.25) is 0 Å². The van der Waals surface area contributed by atoms with Crippen LogP contribution in [0.4, 0.5) is 0 Å². The normalized spacial score (nSPS) is 15.3. The minimum atomic E-state index is 1.07. The van der Waals surface area contributed by atoms with E-state index in [-0.39, 0.29) is 0 Å². The van der Waals surface area contributed by atoms with Gasteiger partial charge in [0.2, 0.25) is 0 Å². The molecule has 0 fully saturated rings. The molecule has 0 N–H and O–H groups in total. The van der Waals surface area contributed by atoms with Gasteiger partial charge in [-0.1, -0.05) is 66.2 Å². The molecule has 0 radical (unpaired) electrons. The number of hydrogen-bond acceptors (Lipinski definition) is 0. The van der Waals surface area contributed by atoms with E-state index in [0.717, 1.165) is 6.42 Å². The van der Waals surface area contributed by atoms with E-state index in [4.69, 9.17) is 0 Å². The van der Waals surface area contributed by atoms with Crippen LogP contribution in [-0.2, 0) is 0 Å². The molecule has 0 spiro atoms. The zero-order valence-corrected chi connectivity index (χ0v) is 11.5. The van der Waals surface area contributed by atoms with Crippen LogP contribution in [0.3, 0.4) is 0 Å². The van der Waals surface area contributed by atoms with Gasteiger partial charge in [0.25, 0.3) is 0 Å². The van der Waals surface area contributed by atoms with Crippen LogP contribution in [0, 0.1) is 0 Å². The van der Waals surface area contributed by atoms with Gasteiger partial charge in [0.1, 0.15) is 0 Å². The Morgan fingerprint density at radius 2 is 1.21 bits per heavy atom. The summed E-state index contributed by atoms with van der Waals surface area (Å²) in [6, 6.07) is 21.4. The Morgan fingerprint density at radius 1 is 0.684 bits per heavy atom. The van der Waals surface area contributed by atoms with Gasteiger partial charge in [-0.3, -0.25) is 0 Å². The first kappa shape index (κ1) is 12.0. The molecule has 2 aromatic carbocycles. The summed E-state index contributed by atoms with van der Waals surface area (Å²) >= 11 is 0. The summed E-state index contributed by atoms with van der Waals surface area (Å²) in [6.07, 6.45) is 1.07. The van der Waals surface area contributed by atoms with Gasteiger partial charge in [-0.05, 0) is 48.1 Å². The lowest BCUT2D eigenvalue weighted by molar-refractivity contribution is 1.26. The van der Waals surface area contributed by atoms with Gasteiger partial charge in [0.05, 0.1) is 0 Å². The molecule has 0 atom stereocenters. The zero-order chi connectivity index (χ0) is 13.2. The molecule has 0 saturated carbocycles. The number of rotatable bonds is 2. The van der Waals surface area contributed by atoms with E-state index in [1.807, 2.05) is 0 Å². The predicted octanol–water partition coefficient (Wildman–Crippen LogP) is 5.34. The molecular formula is C19H18. The van der Waals surface area contributed by atoms with Gasteiger partial charge in [-0.15, -0.1) is 0 Å². The summed E-state index contributed by atoms with van der Waals surface area (Å²) in [4.78, 5) is 0. The molecule has 0 nitrogen and oxygen atoms in total. The maximum Gasteiger partial charge on any atom is -0.00518 e. The Balaban J connectivity index is 2.07. The van der Waals surface area contributed by atoms with Gasteiger partial charge in [-0.2, -0.15) is 0 Å². The molecule has 2 aromatic rings. The maximum absolute atomic E-state index is 2.25. The molecule has 0 heteroatoms. The van der Waals surface area contributed by atoms with E-state index in [9.17, 15) is 0 Å². The quantitative estimate of drug-likeness (QED) is 0.671. The Bertz CT molecular complexity index is 643. The molecule has 1 aliphatic carbocycles. The summed E-state index contributed by atoms with van der Waals surface area (Å²) in [5, 5.41) is 0. The lowest BCUT2D eigenvalue weighted by Gasteiger charge is -2.08. The van der Waals surface area contributed by atoms with E-state index < -0.39 is 0 Å². The van der Waals surface area contributed by atoms with Crippen LogP contribution in [0.1, 0.15) is 31.4 Å². The van der Waals surface area contributed by atoms with Crippen LogP contribution < -0.4 is 0 Å². The minimum Gasteiger partial charge on any atom is -0.0622 e. The number of benzene rings is 2. The van der Waals surface area contributed by atoms with Crippen molar-refractivity contribution in [3.63, 3.8) is 0 Å². The van der Waals surface area contributed by atoms with Crippen molar-refractivity contribution in [1.82, 2.24) is 0 Å². The largest absolute Gasteiger partial charge is 0.0622 e. The van der Waals surface area contributed by atoms with Crippen molar-refractivity contribution < 1.29 is 0 Å². The average Bonchev–Trinajstić information content (AvgIpc) is 2.76. The van der Waals surface area contributed by atoms with Crippen molar-refractivity contribution in [2.45, 2.75) is 20.3 Å². The highest BCUT2D eigenvalue weighted by Crippen LogP contribution is 2.42. The second-order valence-electron chi connectivity index (χ2n) is 5.17. The fourth-order valence-electron chi connectivity index (χ4n) is 2.98. The van der Waals surface area contributed by atoms with Gasteiger partial charge in [0, 0.05) is 0 Å². The predicted molar refractivity (Wildman–Crippen MR) is 82.7 cm³/mol. The standard InChI is InChI=1S/C19H18/c1-14-13-18(16-9-5-3-6-10-16)15(2)19(14)17-11-7-4-8-12-17/h3-12H,13H2,1-2H3.